The van der Waals surface area contributed by atoms with Crippen LogP contribution >= 0.6 is 0 Å². The Hall–Kier alpha value is -2.15. The summed E-state index contributed by atoms with van der Waals surface area (Å²) in [6, 6.07) is 7.34. The van der Waals surface area contributed by atoms with E-state index in [1.807, 2.05) is 24.3 Å². The number of rotatable bonds is 3. The summed E-state index contributed by atoms with van der Waals surface area (Å²) in [5.41, 5.74) is 13.5. The van der Waals surface area contributed by atoms with Crippen LogP contribution in [0.3, 0.4) is 0 Å². The maximum atomic E-state index is 12.2. The van der Waals surface area contributed by atoms with Gasteiger partial charge in [0.1, 0.15) is 5.82 Å². The summed E-state index contributed by atoms with van der Waals surface area (Å²) in [6.45, 7) is 0. The Morgan fingerprint density at radius 1 is 1.14 bits per heavy atom. The summed E-state index contributed by atoms with van der Waals surface area (Å²) >= 11 is 0. The molecule has 0 bridgehead atoms. The molecule has 0 unspecified atom stereocenters. The zero-order chi connectivity index (χ0) is 15.3. The highest BCUT2D eigenvalue weighted by Gasteiger charge is 2.54. The zero-order valence-electron chi connectivity index (χ0n) is 11.6. The molecule has 1 saturated carbocycles. The van der Waals surface area contributed by atoms with Crippen molar-refractivity contribution < 1.29 is 8.42 Å². The molecule has 7 heteroatoms. The average Bonchev–Trinajstić information content (AvgIpc) is 3.20. The van der Waals surface area contributed by atoms with Crippen molar-refractivity contribution in [3.8, 4) is 11.1 Å². The van der Waals surface area contributed by atoms with Crippen LogP contribution in [0.5, 0.6) is 0 Å². The van der Waals surface area contributed by atoms with Gasteiger partial charge in [0, 0.05) is 18.0 Å². The minimum atomic E-state index is -3.20. The molecule has 2 aromatic rings. The molecule has 0 aliphatic heterocycles. The highest BCUT2D eigenvalue weighted by molar-refractivity contribution is 7.92. The molecule has 3 rings (SSSR count). The Labute approximate surface area is 123 Å². The second-order valence-corrected chi connectivity index (χ2v) is 7.66. The molecular weight excluding hydrogens is 288 g/mol. The van der Waals surface area contributed by atoms with Gasteiger partial charge in [0.2, 0.25) is 5.95 Å². The van der Waals surface area contributed by atoms with Crippen molar-refractivity contribution >= 4 is 21.6 Å². The molecule has 21 heavy (non-hydrogen) atoms. The Kier molecular flexibility index (Phi) is 2.91. The molecule has 1 aliphatic carbocycles. The lowest BCUT2D eigenvalue weighted by atomic mass is 9.97. The molecule has 0 spiro atoms. The molecule has 4 N–H and O–H groups in total. The molecule has 1 aromatic heterocycles. The van der Waals surface area contributed by atoms with Crippen LogP contribution in [0.15, 0.2) is 30.5 Å². The number of hydrogen-bond donors (Lipinski definition) is 2. The van der Waals surface area contributed by atoms with E-state index in [0.717, 1.165) is 11.1 Å². The number of sulfone groups is 1. The first-order valence-corrected chi connectivity index (χ1v) is 8.42. The third kappa shape index (κ3) is 2.13. The monoisotopic (exact) mass is 304 g/mol. The van der Waals surface area contributed by atoms with E-state index in [2.05, 4.69) is 9.97 Å². The summed E-state index contributed by atoms with van der Waals surface area (Å²) < 4.78 is 23.5. The van der Waals surface area contributed by atoms with Crippen molar-refractivity contribution in [3.05, 3.63) is 36.0 Å². The third-order valence-corrected chi connectivity index (χ3v) is 6.01. The minimum Gasteiger partial charge on any atom is -0.383 e. The Bertz CT molecular complexity index is 813. The van der Waals surface area contributed by atoms with E-state index in [1.165, 1.54) is 12.5 Å². The fourth-order valence-electron chi connectivity index (χ4n) is 2.69. The first kappa shape index (κ1) is 13.8. The summed E-state index contributed by atoms with van der Waals surface area (Å²) in [6.07, 6.45) is 4.06. The molecular formula is C14H16N4O2S. The summed E-state index contributed by atoms with van der Waals surface area (Å²) in [5.74, 6) is 0.345. The lowest BCUT2D eigenvalue weighted by Gasteiger charge is -2.18. The van der Waals surface area contributed by atoms with E-state index >= 15 is 0 Å². The molecule has 1 aliphatic rings. The summed E-state index contributed by atoms with van der Waals surface area (Å²) in [5, 5.41) is 0. The summed E-state index contributed by atoms with van der Waals surface area (Å²) in [4.78, 5) is 7.91. The van der Waals surface area contributed by atoms with Gasteiger partial charge in [-0.15, -0.1) is 0 Å². The van der Waals surface area contributed by atoms with Crippen LogP contribution in [0.25, 0.3) is 11.1 Å². The maximum Gasteiger partial charge on any atom is 0.221 e. The molecule has 6 nitrogen and oxygen atoms in total. The number of anilines is 2. The van der Waals surface area contributed by atoms with E-state index in [9.17, 15) is 8.42 Å². The van der Waals surface area contributed by atoms with Crippen LogP contribution in [-0.2, 0) is 14.6 Å². The first-order chi connectivity index (χ1) is 9.85. The highest BCUT2D eigenvalue weighted by atomic mass is 32.2. The van der Waals surface area contributed by atoms with Gasteiger partial charge in [-0.25, -0.2) is 13.4 Å². The van der Waals surface area contributed by atoms with Gasteiger partial charge in [-0.2, -0.15) is 4.98 Å². The molecule has 1 fully saturated rings. The molecule has 0 saturated heterocycles. The van der Waals surface area contributed by atoms with Crippen molar-refractivity contribution in [1.29, 1.82) is 0 Å². The molecule has 0 amide bonds. The second-order valence-electron chi connectivity index (χ2n) is 5.34. The Morgan fingerprint density at radius 2 is 1.81 bits per heavy atom. The lowest BCUT2D eigenvalue weighted by Crippen LogP contribution is -2.20. The van der Waals surface area contributed by atoms with E-state index in [1.54, 1.807) is 0 Å². The van der Waals surface area contributed by atoms with Gasteiger partial charge in [-0.3, -0.25) is 0 Å². The molecule has 1 aromatic carbocycles. The van der Waals surface area contributed by atoms with E-state index < -0.39 is 14.6 Å². The van der Waals surface area contributed by atoms with Gasteiger partial charge >= 0.3 is 0 Å². The van der Waals surface area contributed by atoms with Crippen LogP contribution in [0.4, 0.5) is 11.8 Å². The number of nitrogens with two attached hydrogens (primary N) is 2. The topological polar surface area (TPSA) is 112 Å². The fraction of sp³-hybridized carbons (Fsp3) is 0.286. The standard InChI is InChI=1S/C14H16N4O2S/c1-21(19,20)14(6-7-14)11-5-3-2-4-9(11)10-8-17-13(16)18-12(10)15/h2-5,8H,6-7H2,1H3,(H4,15,16,17,18). The van der Waals surface area contributed by atoms with E-state index in [4.69, 9.17) is 11.5 Å². The number of nitrogen functional groups attached to an aromatic ring is 2. The first-order valence-electron chi connectivity index (χ1n) is 6.53. The summed E-state index contributed by atoms with van der Waals surface area (Å²) in [7, 11) is -3.20. The highest BCUT2D eigenvalue weighted by Crippen LogP contribution is 2.55. The van der Waals surface area contributed by atoms with Gasteiger partial charge < -0.3 is 11.5 Å². The molecule has 110 valence electrons. The van der Waals surface area contributed by atoms with Crippen LogP contribution < -0.4 is 11.5 Å². The maximum absolute atomic E-state index is 12.2. The average molecular weight is 304 g/mol. The van der Waals surface area contributed by atoms with Gasteiger partial charge in [-0.1, -0.05) is 24.3 Å². The SMILES string of the molecule is CS(=O)(=O)C1(c2ccccc2-c2cnc(N)nc2N)CC1. The van der Waals surface area contributed by atoms with Crippen LogP contribution in [0.1, 0.15) is 18.4 Å². The molecule has 0 atom stereocenters. The van der Waals surface area contributed by atoms with Crippen molar-refractivity contribution in [1.82, 2.24) is 9.97 Å². The lowest BCUT2D eigenvalue weighted by molar-refractivity contribution is 0.586. The third-order valence-electron chi connectivity index (χ3n) is 3.96. The van der Waals surface area contributed by atoms with Crippen molar-refractivity contribution in [2.45, 2.75) is 17.6 Å². The molecule has 1 heterocycles. The fourth-order valence-corrected chi connectivity index (χ4v) is 4.11. The van der Waals surface area contributed by atoms with Crippen LogP contribution in [0.2, 0.25) is 0 Å². The zero-order valence-corrected chi connectivity index (χ0v) is 12.4. The Morgan fingerprint density at radius 3 is 2.38 bits per heavy atom. The quantitative estimate of drug-likeness (QED) is 0.885. The smallest absolute Gasteiger partial charge is 0.221 e. The van der Waals surface area contributed by atoms with Gasteiger partial charge in [0.15, 0.2) is 9.84 Å². The predicted octanol–water partition coefficient (Wildman–Crippen LogP) is 1.34. The van der Waals surface area contributed by atoms with E-state index in [0.29, 0.717) is 18.4 Å². The van der Waals surface area contributed by atoms with Crippen LogP contribution in [-0.4, -0.2) is 24.6 Å². The van der Waals surface area contributed by atoms with Crippen LogP contribution in [0, 0.1) is 0 Å². The largest absolute Gasteiger partial charge is 0.383 e. The Balaban J connectivity index is 2.23. The van der Waals surface area contributed by atoms with E-state index in [-0.39, 0.29) is 11.8 Å². The van der Waals surface area contributed by atoms with Gasteiger partial charge in [0.05, 0.1) is 4.75 Å². The van der Waals surface area contributed by atoms with Crippen molar-refractivity contribution in [2.24, 2.45) is 0 Å². The predicted molar refractivity (Wildman–Crippen MR) is 82.0 cm³/mol. The normalized spacial score (nSPS) is 16.6. The van der Waals surface area contributed by atoms with Gasteiger partial charge in [0.25, 0.3) is 0 Å². The van der Waals surface area contributed by atoms with Gasteiger partial charge in [-0.05, 0) is 24.0 Å². The number of hydrogen-bond acceptors (Lipinski definition) is 6. The molecule has 0 radical (unpaired) electrons. The van der Waals surface area contributed by atoms with Crippen molar-refractivity contribution in [2.75, 3.05) is 17.7 Å². The minimum absolute atomic E-state index is 0.0954. The number of benzene rings is 1. The van der Waals surface area contributed by atoms with Crippen molar-refractivity contribution in [3.63, 3.8) is 0 Å². The number of nitrogens with zero attached hydrogens (tertiary/aromatic N) is 2. The second kappa shape index (κ2) is 4.42. The number of aromatic nitrogens is 2.